The van der Waals surface area contributed by atoms with E-state index in [1.54, 1.807) is 6.20 Å². The molecule has 0 bridgehead atoms. The highest BCUT2D eigenvalue weighted by atomic mass is 35.5. The number of amides is 1. The summed E-state index contributed by atoms with van der Waals surface area (Å²) in [7, 11) is 0. The Hall–Kier alpha value is -1.85. The molecule has 2 atom stereocenters. The summed E-state index contributed by atoms with van der Waals surface area (Å²) in [6, 6.07) is 7.72. The molecule has 0 spiro atoms. The number of aromatic nitrogens is 2. The molecule has 1 aliphatic rings. The number of nitrogens with one attached hydrogen (secondary N) is 2. The van der Waals surface area contributed by atoms with Gasteiger partial charge in [0.2, 0.25) is 0 Å². The molecule has 2 N–H and O–H groups in total. The van der Waals surface area contributed by atoms with E-state index in [2.05, 4.69) is 36.5 Å². The van der Waals surface area contributed by atoms with E-state index in [0.29, 0.717) is 16.5 Å². The predicted octanol–water partition coefficient (Wildman–Crippen LogP) is 3.38. The first-order valence-corrected chi connectivity index (χ1v) is 9.20. The van der Waals surface area contributed by atoms with Gasteiger partial charge in [0.25, 0.3) is 5.91 Å². The summed E-state index contributed by atoms with van der Waals surface area (Å²) in [6.07, 6.45) is 2.61. The molecule has 0 saturated carbocycles. The van der Waals surface area contributed by atoms with Gasteiger partial charge in [-0.3, -0.25) is 4.79 Å². The van der Waals surface area contributed by atoms with Crippen molar-refractivity contribution in [2.75, 3.05) is 13.1 Å². The molecule has 5 nitrogen and oxygen atoms in total. The van der Waals surface area contributed by atoms with E-state index in [9.17, 15) is 4.79 Å². The van der Waals surface area contributed by atoms with Crippen molar-refractivity contribution in [3.05, 3.63) is 46.7 Å². The summed E-state index contributed by atoms with van der Waals surface area (Å²) in [4.78, 5) is 12.9. The van der Waals surface area contributed by atoms with Gasteiger partial charge in [-0.15, -0.1) is 0 Å². The second-order valence-corrected chi connectivity index (χ2v) is 7.48. The predicted molar refractivity (Wildman–Crippen MR) is 101 cm³/mol. The third-order valence-corrected chi connectivity index (χ3v) is 4.99. The lowest BCUT2D eigenvalue weighted by Gasteiger charge is -2.30. The van der Waals surface area contributed by atoms with Gasteiger partial charge in [0.05, 0.1) is 23.1 Å². The van der Waals surface area contributed by atoms with Crippen molar-refractivity contribution >= 4 is 17.5 Å². The number of nitrogens with zero attached hydrogens (tertiary/aromatic N) is 2. The fourth-order valence-corrected chi connectivity index (χ4v) is 3.56. The van der Waals surface area contributed by atoms with Crippen molar-refractivity contribution in [3.63, 3.8) is 0 Å². The van der Waals surface area contributed by atoms with Crippen LogP contribution in [0.1, 0.15) is 49.2 Å². The molecule has 1 aromatic heterocycles. The van der Waals surface area contributed by atoms with Gasteiger partial charge in [-0.2, -0.15) is 5.10 Å². The van der Waals surface area contributed by atoms with Gasteiger partial charge in [-0.25, -0.2) is 4.68 Å². The van der Waals surface area contributed by atoms with E-state index >= 15 is 0 Å². The first-order valence-electron chi connectivity index (χ1n) is 8.82. The van der Waals surface area contributed by atoms with Crippen LogP contribution in [0.4, 0.5) is 0 Å². The van der Waals surface area contributed by atoms with Crippen LogP contribution < -0.4 is 10.6 Å². The number of hydrogen-bond acceptors (Lipinski definition) is 3. The first kappa shape index (κ1) is 18.0. The number of carbonyl (C=O) groups excluding carboxylic acids is 1. The largest absolute Gasteiger partial charge is 0.349 e. The van der Waals surface area contributed by atoms with Gasteiger partial charge in [0.15, 0.2) is 0 Å². The minimum Gasteiger partial charge on any atom is -0.349 e. The van der Waals surface area contributed by atoms with Gasteiger partial charge in [-0.1, -0.05) is 38.4 Å². The number of halogens is 1. The maximum Gasteiger partial charge on any atom is 0.255 e. The van der Waals surface area contributed by atoms with E-state index in [-0.39, 0.29) is 17.9 Å². The Kier molecular flexibility index (Phi) is 5.45. The summed E-state index contributed by atoms with van der Waals surface area (Å²) in [5, 5.41) is 11.7. The molecule has 1 fully saturated rings. The molecule has 2 heterocycles. The second-order valence-electron chi connectivity index (χ2n) is 7.04. The molecule has 1 saturated heterocycles. The molecular weight excluding hydrogens is 336 g/mol. The average Bonchev–Trinajstić information content (AvgIpc) is 3.02. The lowest BCUT2D eigenvalue weighted by atomic mass is 9.94. The molecule has 3 rings (SSSR count). The molecule has 1 amide bonds. The summed E-state index contributed by atoms with van der Waals surface area (Å²) in [5.74, 6) is 0.534. The van der Waals surface area contributed by atoms with Crippen molar-refractivity contribution in [2.24, 2.45) is 5.92 Å². The zero-order valence-electron chi connectivity index (χ0n) is 14.9. The topological polar surface area (TPSA) is 59.0 Å². The van der Waals surface area contributed by atoms with E-state index in [0.717, 1.165) is 30.9 Å². The Labute approximate surface area is 153 Å². The average molecular weight is 361 g/mol. The van der Waals surface area contributed by atoms with Crippen LogP contribution >= 0.6 is 11.6 Å². The van der Waals surface area contributed by atoms with Crippen LogP contribution in [0, 0.1) is 5.92 Å². The van der Waals surface area contributed by atoms with E-state index in [1.165, 1.54) is 0 Å². The normalized spacial score (nSPS) is 20.7. The third-order valence-electron chi connectivity index (χ3n) is 4.75. The number of rotatable bonds is 4. The Bertz CT molecular complexity index is 756. The lowest BCUT2D eigenvalue weighted by molar-refractivity contribution is 0.0913. The number of benzene rings is 1. The maximum absolute atomic E-state index is 12.9. The fraction of sp³-hybridized carbons (Fsp3) is 0.474. The fourth-order valence-electron chi connectivity index (χ4n) is 3.38. The highest BCUT2D eigenvalue weighted by Gasteiger charge is 2.26. The summed E-state index contributed by atoms with van der Waals surface area (Å²) in [5.41, 5.74) is 2.41. The first-order chi connectivity index (χ1) is 12.0. The highest BCUT2D eigenvalue weighted by molar-refractivity contribution is 6.30. The molecule has 1 aliphatic heterocycles. The maximum atomic E-state index is 12.9. The third kappa shape index (κ3) is 3.88. The molecule has 134 valence electrons. The Morgan fingerprint density at radius 3 is 2.92 bits per heavy atom. The zero-order valence-corrected chi connectivity index (χ0v) is 15.7. The van der Waals surface area contributed by atoms with Crippen LogP contribution in [0.5, 0.6) is 0 Å². The minimum absolute atomic E-state index is 0.0456. The SMILES string of the molecule is CC(C)c1c(C(=O)NC2CCNCC2C)cnn1-c1cccc(Cl)c1. The molecule has 25 heavy (non-hydrogen) atoms. The minimum atomic E-state index is -0.0456. The van der Waals surface area contributed by atoms with Gasteiger partial charge in [0.1, 0.15) is 0 Å². The lowest BCUT2D eigenvalue weighted by Crippen LogP contribution is -2.48. The van der Waals surface area contributed by atoms with Crippen LogP contribution in [0.2, 0.25) is 5.02 Å². The van der Waals surface area contributed by atoms with Crippen molar-refractivity contribution in [1.29, 1.82) is 0 Å². The summed E-state index contributed by atoms with van der Waals surface area (Å²) >= 11 is 6.11. The monoisotopic (exact) mass is 360 g/mol. The smallest absolute Gasteiger partial charge is 0.255 e. The van der Waals surface area contributed by atoms with Crippen molar-refractivity contribution in [3.8, 4) is 5.69 Å². The summed E-state index contributed by atoms with van der Waals surface area (Å²) < 4.78 is 1.82. The van der Waals surface area contributed by atoms with E-state index < -0.39 is 0 Å². The van der Waals surface area contributed by atoms with Crippen LogP contribution in [-0.2, 0) is 0 Å². The standard InChI is InChI=1S/C19H25ClN4O/c1-12(2)18-16(19(25)23-17-7-8-21-10-13(17)3)11-22-24(18)15-6-4-5-14(20)9-15/h4-6,9,11-13,17,21H,7-8,10H2,1-3H3,(H,23,25). The van der Waals surface area contributed by atoms with E-state index in [4.69, 9.17) is 11.6 Å². The Balaban J connectivity index is 1.90. The highest BCUT2D eigenvalue weighted by Crippen LogP contribution is 2.25. The zero-order chi connectivity index (χ0) is 18.0. The molecule has 2 aromatic rings. The van der Waals surface area contributed by atoms with Gasteiger partial charge < -0.3 is 10.6 Å². The number of hydrogen-bond donors (Lipinski definition) is 2. The van der Waals surface area contributed by atoms with Crippen LogP contribution in [0.3, 0.4) is 0 Å². The van der Waals surface area contributed by atoms with Gasteiger partial charge >= 0.3 is 0 Å². The number of piperidine rings is 1. The number of carbonyl (C=O) groups is 1. The van der Waals surface area contributed by atoms with Crippen LogP contribution in [0.15, 0.2) is 30.5 Å². The van der Waals surface area contributed by atoms with E-state index in [1.807, 2.05) is 28.9 Å². The van der Waals surface area contributed by atoms with Crippen molar-refractivity contribution < 1.29 is 4.79 Å². The molecule has 2 unspecified atom stereocenters. The molecule has 6 heteroatoms. The Morgan fingerprint density at radius 2 is 2.24 bits per heavy atom. The van der Waals surface area contributed by atoms with Crippen LogP contribution in [0.25, 0.3) is 5.69 Å². The van der Waals surface area contributed by atoms with Gasteiger partial charge in [0, 0.05) is 11.1 Å². The Morgan fingerprint density at radius 1 is 1.44 bits per heavy atom. The molecular formula is C19H25ClN4O. The molecule has 0 aliphatic carbocycles. The van der Waals surface area contributed by atoms with Crippen molar-refractivity contribution in [2.45, 2.75) is 39.2 Å². The van der Waals surface area contributed by atoms with Crippen LogP contribution in [-0.4, -0.2) is 34.8 Å². The van der Waals surface area contributed by atoms with Crippen molar-refractivity contribution in [1.82, 2.24) is 20.4 Å². The quantitative estimate of drug-likeness (QED) is 0.878. The molecule has 0 radical (unpaired) electrons. The van der Waals surface area contributed by atoms with Gasteiger partial charge in [-0.05, 0) is 49.5 Å². The second kappa shape index (κ2) is 7.58. The molecule has 1 aromatic carbocycles. The summed E-state index contributed by atoms with van der Waals surface area (Å²) in [6.45, 7) is 8.18.